The lowest BCUT2D eigenvalue weighted by Gasteiger charge is -2.36. The maximum atomic E-state index is 13.2. The van der Waals surface area contributed by atoms with Gasteiger partial charge in [0.15, 0.2) is 5.71 Å². The van der Waals surface area contributed by atoms with Gasteiger partial charge in [-0.05, 0) is 6.07 Å². The van der Waals surface area contributed by atoms with Crippen LogP contribution in [-0.4, -0.2) is 28.3 Å². The van der Waals surface area contributed by atoms with Crippen LogP contribution in [0.4, 0.5) is 37.7 Å². The zero-order valence-electron chi connectivity index (χ0n) is 10.6. The first-order chi connectivity index (χ1) is 9.49. The van der Waals surface area contributed by atoms with Crippen LogP contribution < -0.4 is 5.32 Å². The molecule has 0 atom stereocenters. The average Bonchev–Trinajstić information content (AvgIpc) is 2.45. The average molecular weight is 312 g/mol. The summed E-state index contributed by atoms with van der Waals surface area (Å²) in [5.41, 5.74) is -5.58. The van der Waals surface area contributed by atoms with Gasteiger partial charge in [0.25, 0.3) is 0 Å². The summed E-state index contributed by atoms with van der Waals surface area (Å²) < 4.78 is 79.0. The first-order valence-corrected chi connectivity index (χ1v) is 5.80. The third-order valence-corrected chi connectivity index (χ3v) is 3.31. The Hall–Kier alpha value is -1.93. The standard InChI is InChI=1S/C12H10F6N2O/c1-7-6-10(11(13,14)15,12(16,17)18)19-8-4-2-3-5-9(8)20(7)21/h2-5,19H,6H2,1H3. The van der Waals surface area contributed by atoms with Crippen molar-refractivity contribution in [3.8, 4) is 0 Å². The quantitative estimate of drug-likeness (QED) is 0.447. The fourth-order valence-corrected chi connectivity index (χ4v) is 2.19. The second-order valence-corrected chi connectivity index (χ2v) is 4.75. The number of halogens is 6. The van der Waals surface area contributed by atoms with Crippen LogP contribution in [0.5, 0.6) is 0 Å². The summed E-state index contributed by atoms with van der Waals surface area (Å²) in [4.78, 5) is 0. The molecule has 2 rings (SSSR count). The van der Waals surface area contributed by atoms with Crippen LogP contribution >= 0.6 is 0 Å². The molecule has 1 aromatic rings. The molecule has 1 N–H and O–H groups in total. The molecule has 0 radical (unpaired) electrons. The Morgan fingerprint density at radius 3 is 2.14 bits per heavy atom. The molecule has 0 saturated carbocycles. The highest BCUT2D eigenvalue weighted by Gasteiger charge is 2.72. The van der Waals surface area contributed by atoms with Gasteiger partial charge in [0.2, 0.25) is 11.2 Å². The molecule has 0 aliphatic carbocycles. The van der Waals surface area contributed by atoms with Crippen LogP contribution in [0.1, 0.15) is 13.3 Å². The molecule has 0 saturated heterocycles. The number of alkyl halides is 6. The van der Waals surface area contributed by atoms with Crippen LogP contribution in [0.25, 0.3) is 0 Å². The fraction of sp³-hybridized carbons (Fsp3) is 0.417. The first-order valence-electron chi connectivity index (χ1n) is 5.80. The van der Waals surface area contributed by atoms with E-state index in [4.69, 9.17) is 0 Å². The molecule has 116 valence electrons. The van der Waals surface area contributed by atoms with Gasteiger partial charge < -0.3 is 10.5 Å². The number of nitrogens with one attached hydrogen (secondary N) is 1. The van der Waals surface area contributed by atoms with E-state index in [1.54, 1.807) is 0 Å². The number of hydrogen-bond acceptors (Lipinski definition) is 2. The van der Waals surface area contributed by atoms with Crippen molar-refractivity contribution in [2.45, 2.75) is 31.2 Å². The molecule has 0 bridgehead atoms. The Bertz CT molecular complexity index is 576. The largest absolute Gasteiger partial charge is 0.618 e. The second-order valence-electron chi connectivity index (χ2n) is 4.75. The highest BCUT2D eigenvalue weighted by atomic mass is 19.4. The smallest absolute Gasteiger partial charge is 0.420 e. The highest BCUT2D eigenvalue weighted by molar-refractivity contribution is 5.83. The Morgan fingerprint density at radius 2 is 1.62 bits per heavy atom. The predicted octanol–water partition coefficient (Wildman–Crippen LogP) is 3.97. The molecule has 0 spiro atoms. The van der Waals surface area contributed by atoms with Crippen molar-refractivity contribution in [2.24, 2.45) is 0 Å². The molecule has 9 heteroatoms. The van der Waals surface area contributed by atoms with Crippen molar-refractivity contribution in [2.75, 3.05) is 5.32 Å². The highest BCUT2D eigenvalue weighted by Crippen LogP contribution is 2.49. The van der Waals surface area contributed by atoms with Crippen molar-refractivity contribution >= 4 is 17.1 Å². The number of rotatable bonds is 0. The summed E-state index contributed by atoms with van der Waals surface area (Å²) in [6.07, 6.45) is -12.8. The Balaban J connectivity index is 2.73. The van der Waals surface area contributed by atoms with E-state index in [2.05, 4.69) is 0 Å². The van der Waals surface area contributed by atoms with Crippen LogP contribution in [0.3, 0.4) is 0 Å². The molecular formula is C12H10F6N2O. The predicted molar refractivity (Wildman–Crippen MR) is 63.5 cm³/mol. The number of anilines is 1. The minimum Gasteiger partial charge on any atom is -0.618 e. The van der Waals surface area contributed by atoms with E-state index in [0.29, 0.717) is 0 Å². The van der Waals surface area contributed by atoms with Gasteiger partial charge in [0.05, 0.1) is 6.42 Å². The van der Waals surface area contributed by atoms with Gasteiger partial charge >= 0.3 is 12.4 Å². The zero-order chi connectivity index (χ0) is 16.1. The van der Waals surface area contributed by atoms with Gasteiger partial charge in [0, 0.05) is 13.0 Å². The zero-order valence-corrected chi connectivity index (χ0v) is 10.6. The number of benzene rings is 1. The van der Waals surface area contributed by atoms with E-state index in [0.717, 1.165) is 19.1 Å². The van der Waals surface area contributed by atoms with Crippen molar-refractivity contribution in [3.05, 3.63) is 29.5 Å². The molecule has 0 amide bonds. The van der Waals surface area contributed by atoms with Crippen molar-refractivity contribution in [3.63, 3.8) is 0 Å². The second kappa shape index (κ2) is 4.54. The van der Waals surface area contributed by atoms with E-state index >= 15 is 0 Å². The number of nitrogens with zero attached hydrogens (tertiary/aromatic N) is 1. The van der Waals surface area contributed by atoms with E-state index in [9.17, 15) is 31.5 Å². The molecule has 1 aliphatic rings. The molecule has 3 nitrogen and oxygen atoms in total. The Morgan fingerprint density at radius 1 is 1.10 bits per heavy atom. The van der Waals surface area contributed by atoms with E-state index < -0.39 is 35.7 Å². The van der Waals surface area contributed by atoms with Gasteiger partial charge in [-0.1, -0.05) is 12.1 Å². The third-order valence-electron chi connectivity index (χ3n) is 3.31. The minimum atomic E-state index is -5.62. The molecule has 0 aromatic heterocycles. The molecular weight excluding hydrogens is 302 g/mol. The maximum absolute atomic E-state index is 13.2. The van der Waals surface area contributed by atoms with Gasteiger partial charge in [-0.3, -0.25) is 0 Å². The Kier molecular flexibility index (Phi) is 3.34. The van der Waals surface area contributed by atoms with Crippen LogP contribution in [0.2, 0.25) is 0 Å². The van der Waals surface area contributed by atoms with Crippen molar-refractivity contribution in [1.82, 2.24) is 0 Å². The van der Waals surface area contributed by atoms with Gasteiger partial charge in [-0.15, -0.1) is 0 Å². The summed E-state index contributed by atoms with van der Waals surface area (Å²) in [6.45, 7) is 0.947. The molecule has 21 heavy (non-hydrogen) atoms. The van der Waals surface area contributed by atoms with Crippen LogP contribution in [0, 0.1) is 5.21 Å². The van der Waals surface area contributed by atoms with Crippen LogP contribution in [-0.2, 0) is 0 Å². The van der Waals surface area contributed by atoms with Crippen LogP contribution in [0.15, 0.2) is 24.3 Å². The summed E-state index contributed by atoms with van der Waals surface area (Å²) in [5.74, 6) is 0. The Labute approximate surface area is 115 Å². The van der Waals surface area contributed by atoms with Gasteiger partial charge in [0.1, 0.15) is 5.69 Å². The van der Waals surface area contributed by atoms with E-state index in [1.807, 2.05) is 0 Å². The normalized spacial score (nSPS) is 18.8. The SMILES string of the molecule is CC1=[N+]([O-])c2ccccc2NC(C(F)(F)F)(C(F)(F)F)C1. The van der Waals surface area contributed by atoms with E-state index in [1.165, 1.54) is 17.4 Å². The molecule has 1 aliphatic heterocycles. The summed E-state index contributed by atoms with van der Waals surface area (Å²) in [5, 5.41) is 13.4. The van der Waals surface area contributed by atoms with E-state index in [-0.39, 0.29) is 10.4 Å². The topological polar surface area (TPSA) is 38.1 Å². The lowest BCUT2D eigenvalue weighted by molar-refractivity contribution is -0.363. The number of fused-ring (bicyclic) bond motifs is 1. The van der Waals surface area contributed by atoms with Gasteiger partial charge in [-0.25, -0.2) is 0 Å². The molecule has 1 heterocycles. The monoisotopic (exact) mass is 312 g/mol. The van der Waals surface area contributed by atoms with Crippen molar-refractivity contribution < 1.29 is 31.1 Å². The minimum absolute atomic E-state index is 0.0849. The summed E-state index contributed by atoms with van der Waals surface area (Å²) in [7, 11) is 0. The lowest BCUT2D eigenvalue weighted by atomic mass is 9.91. The van der Waals surface area contributed by atoms with Gasteiger partial charge in [-0.2, -0.15) is 31.1 Å². The molecule has 0 fully saturated rings. The molecule has 1 aromatic carbocycles. The number of para-hydroxylation sites is 2. The summed E-state index contributed by atoms with van der Waals surface area (Å²) in [6, 6.07) is 4.76. The molecule has 0 unspecified atom stereocenters. The first kappa shape index (κ1) is 15.5. The lowest BCUT2D eigenvalue weighted by Crippen LogP contribution is -2.62. The fourth-order valence-electron chi connectivity index (χ4n) is 2.19. The third kappa shape index (κ3) is 2.30. The maximum Gasteiger partial charge on any atom is 0.420 e. The van der Waals surface area contributed by atoms with Crippen molar-refractivity contribution in [1.29, 1.82) is 0 Å². The summed E-state index contributed by atoms with van der Waals surface area (Å²) >= 11 is 0. The number of hydrogen-bond donors (Lipinski definition) is 1.